The van der Waals surface area contributed by atoms with Crippen molar-refractivity contribution in [1.29, 1.82) is 0 Å². The van der Waals surface area contributed by atoms with Gasteiger partial charge in [0.15, 0.2) is 0 Å². The summed E-state index contributed by atoms with van der Waals surface area (Å²) in [6, 6.07) is 13.1. The summed E-state index contributed by atoms with van der Waals surface area (Å²) < 4.78 is 0. The van der Waals surface area contributed by atoms with Crippen LogP contribution in [0.4, 0.5) is 5.69 Å². The number of nitrogens with zero attached hydrogens (tertiary/aromatic N) is 1. The van der Waals surface area contributed by atoms with E-state index in [0.29, 0.717) is 11.3 Å². The summed E-state index contributed by atoms with van der Waals surface area (Å²) in [6.07, 6.45) is 2.51. The van der Waals surface area contributed by atoms with Crippen molar-refractivity contribution >= 4 is 11.6 Å². The van der Waals surface area contributed by atoms with Crippen LogP contribution in [0, 0.1) is 0 Å². The molecule has 0 aromatic heterocycles. The number of likely N-dealkylation sites (tertiary alicyclic amines) is 1. The maximum Gasteiger partial charge on any atom is 0.255 e. The fourth-order valence-electron chi connectivity index (χ4n) is 3.31. The van der Waals surface area contributed by atoms with E-state index < -0.39 is 0 Å². The number of rotatable bonds is 4. The maximum atomic E-state index is 12.7. The number of amides is 1. The van der Waals surface area contributed by atoms with Crippen molar-refractivity contribution < 1.29 is 9.90 Å². The van der Waals surface area contributed by atoms with Crippen LogP contribution < -0.4 is 5.32 Å². The second-order valence-electron chi connectivity index (χ2n) is 8.12. The molecule has 0 radical (unpaired) electrons. The largest absolute Gasteiger partial charge is 0.506 e. The molecule has 2 N–H and O–H groups in total. The topological polar surface area (TPSA) is 52.6 Å². The van der Waals surface area contributed by atoms with Gasteiger partial charge in [-0.05, 0) is 66.7 Å². The summed E-state index contributed by atoms with van der Waals surface area (Å²) >= 11 is 0. The number of hydrogen-bond acceptors (Lipinski definition) is 3. The fourth-order valence-corrected chi connectivity index (χ4v) is 3.31. The molecule has 1 heterocycles. The van der Waals surface area contributed by atoms with E-state index in [0.717, 1.165) is 30.8 Å². The lowest BCUT2D eigenvalue weighted by Gasteiger charge is -2.20. The van der Waals surface area contributed by atoms with Gasteiger partial charge in [-0.25, -0.2) is 0 Å². The molecule has 1 aliphatic heterocycles. The molecule has 0 atom stereocenters. The highest BCUT2D eigenvalue weighted by molar-refractivity contribution is 6.05. The molecular formula is C22H28N2O2. The SMILES string of the molecule is CC(C)(C)c1ccc(O)c(NC(=O)c2cccc(CN3CCCC3)c2)c1. The number of phenolic OH excluding ortho intramolecular Hbond substituents is 1. The minimum Gasteiger partial charge on any atom is -0.506 e. The zero-order valence-corrected chi connectivity index (χ0v) is 15.9. The van der Waals surface area contributed by atoms with E-state index in [4.69, 9.17) is 0 Å². The number of hydrogen-bond donors (Lipinski definition) is 2. The van der Waals surface area contributed by atoms with Gasteiger partial charge in [-0.2, -0.15) is 0 Å². The number of anilines is 1. The number of carbonyl (C=O) groups is 1. The molecule has 26 heavy (non-hydrogen) atoms. The summed E-state index contributed by atoms with van der Waals surface area (Å²) in [7, 11) is 0. The molecular weight excluding hydrogens is 324 g/mol. The van der Waals surface area contributed by atoms with Gasteiger partial charge >= 0.3 is 0 Å². The number of phenols is 1. The molecule has 1 fully saturated rings. The van der Waals surface area contributed by atoms with Crippen LogP contribution in [-0.2, 0) is 12.0 Å². The summed E-state index contributed by atoms with van der Waals surface area (Å²) in [6.45, 7) is 9.45. The van der Waals surface area contributed by atoms with Gasteiger partial charge in [-0.1, -0.05) is 39.0 Å². The van der Waals surface area contributed by atoms with Crippen molar-refractivity contribution in [2.24, 2.45) is 0 Å². The van der Waals surface area contributed by atoms with Crippen LogP contribution in [0.1, 0.15) is 55.1 Å². The van der Waals surface area contributed by atoms with Gasteiger partial charge in [-0.15, -0.1) is 0 Å². The average molecular weight is 352 g/mol. The van der Waals surface area contributed by atoms with E-state index in [1.165, 1.54) is 12.8 Å². The highest BCUT2D eigenvalue weighted by Gasteiger charge is 2.17. The molecule has 4 heteroatoms. The van der Waals surface area contributed by atoms with Crippen molar-refractivity contribution in [2.45, 2.75) is 45.6 Å². The number of nitrogens with one attached hydrogen (secondary N) is 1. The van der Waals surface area contributed by atoms with Crippen molar-refractivity contribution in [2.75, 3.05) is 18.4 Å². The van der Waals surface area contributed by atoms with Crippen LogP contribution in [0.3, 0.4) is 0 Å². The molecule has 138 valence electrons. The highest BCUT2D eigenvalue weighted by Crippen LogP contribution is 2.31. The van der Waals surface area contributed by atoms with Gasteiger partial charge in [0, 0.05) is 12.1 Å². The number of carbonyl (C=O) groups excluding carboxylic acids is 1. The number of aromatic hydroxyl groups is 1. The average Bonchev–Trinajstić information content (AvgIpc) is 3.09. The summed E-state index contributed by atoms with van der Waals surface area (Å²) in [5.74, 6) is -0.116. The first-order chi connectivity index (χ1) is 12.3. The van der Waals surface area contributed by atoms with Crippen molar-refractivity contribution in [3.8, 4) is 5.75 Å². The van der Waals surface area contributed by atoms with Crippen LogP contribution in [0.5, 0.6) is 5.75 Å². The number of benzene rings is 2. The van der Waals surface area contributed by atoms with Crippen LogP contribution in [0.2, 0.25) is 0 Å². The van der Waals surface area contributed by atoms with Crippen molar-refractivity contribution in [3.05, 3.63) is 59.2 Å². The first-order valence-corrected chi connectivity index (χ1v) is 9.29. The predicted molar refractivity (Wildman–Crippen MR) is 106 cm³/mol. The van der Waals surface area contributed by atoms with E-state index in [2.05, 4.69) is 37.1 Å². The van der Waals surface area contributed by atoms with Gasteiger partial charge in [0.25, 0.3) is 5.91 Å². The lowest BCUT2D eigenvalue weighted by Crippen LogP contribution is -2.19. The van der Waals surface area contributed by atoms with E-state index in [9.17, 15) is 9.90 Å². The van der Waals surface area contributed by atoms with E-state index in [1.54, 1.807) is 6.07 Å². The third kappa shape index (κ3) is 4.44. The Bertz CT molecular complexity index is 787. The lowest BCUT2D eigenvalue weighted by molar-refractivity contribution is 0.102. The second-order valence-corrected chi connectivity index (χ2v) is 8.12. The summed E-state index contributed by atoms with van der Waals surface area (Å²) in [5.41, 5.74) is 3.22. The second kappa shape index (κ2) is 7.50. The Kier molecular flexibility index (Phi) is 5.33. The Morgan fingerprint density at radius 2 is 1.85 bits per heavy atom. The third-order valence-corrected chi connectivity index (χ3v) is 4.90. The Morgan fingerprint density at radius 1 is 1.12 bits per heavy atom. The molecule has 0 spiro atoms. The molecule has 3 rings (SSSR count). The lowest BCUT2D eigenvalue weighted by atomic mass is 9.87. The zero-order chi connectivity index (χ0) is 18.7. The molecule has 0 unspecified atom stereocenters. The highest BCUT2D eigenvalue weighted by atomic mass is 16.3. The van der Waals surface area contributed by atoms with Gasteiger partial charge in [0.2, 0.25) is 0 Å². The Morgan fingerprint density at radius 3 is 2.54 bits per heavy atom. The van der Waals surface area contributed by atoms with E-state index in [-0.39, 0.29) is 17.1 Å². The fraction of sp³-hybridized carbons (Fsp3) is 0.409. The molecule has 1 amide bonds. The zero-order valence-electron chi connectivity index (χ0n) is 15.9. The van der Waals surface area contributed by atoms with Crippen LogP contribution in [0.15, 0.2) is 42.5 Å². The van der Waals surface area contributed by atoms with E-state index >= 15 is 0 Å². The first kappa shape index (κ1) is 18.5. The minimum atomic E-state index is -0.199. The quantitative estimate of drug-likeness (QED) is 0.795. The predicted octanol–water partition coefficient (Wildman–Crippen LogP) is 4.54. The van der Waals surface area contributed by atoms with Gasteiger partial charge in [0.1, 0.15) is 5.75 Å². The molecule has 1 saturated heterocycles. The van der Waals surface area contributed by atoms with Gasteiger partial charge in [0.05, 0.1) is 5.69 Å². The Balaban J connectivity index is 1.76. The Hall–Kier alpha value is -2.33. The maximum absolute atomic E-state index is 12.7. The Labute approximate surface area is 155 Å². The molecule has 2 aromatic carbocycles. The molecule has 0 aliphatic carbocycles. The van der Waals surface area contributed by atoms with Crippen LogP contribution in [-0.4, -0.2) is 29.0 Å². The molecule has 0 bridgehead atoms. The standard InChI is InChI=1S/C22H28N2O2/c1-22(2,3)18-9-10-20(25)19(14-18)23-21(26)17-8-6-7-16(13-17)15-24-11-4-5-12-24/h6-10,13-14,25H,4-5,11-12,15H2,1-3H3,(H,23,26). The van der Waals surface area contributed by atoms with Crippen LogP contribution >= 0.6 is 0 Å². The van der Waals surface area contributed by atoms with Crippen molar-refractivity contribution in [3.63, 3.8) is 0 Å². The smallest absolute Gasteiger partial charge is 0.255 e. The molecule has 1 aliphatic rings. The van der Waals surface area contributed by atoms with Gasteiger partial charge in [-0.3, -0.25) is 9.69 Å². The summed E-state index contributed by atoms with van der Waals surface area (Å²) in [4.78, 5) is 15.1. The van der Waals surface area contributed by atoms with Crippen LogP contribution in [0.25, 0.3) is 0 Å². The van der Waals surface area contributed by atoms with Crippen molar-refractivity contribution in [1.82, 2.24) is 4.90 Å². The molecule has 0 saturated carbocycles. The normalized spacial score (nSPS) is 15.2. The summed E-state index contributed by atoms with van der Waals surface area (Å²) in [5, 5.41) is 13.0. The van der Waals surface area contributed by atoms with Gasteiger partial charge < -0.3 is 10.4 Å². The third-order valence-electron chi connectivity index (χ3n) is 4.90. The van der Waals surface area contributed by atoms with E-state index in [1.807, 2.05) is 30.3 Å². The minimum absolute atomic E-state index is 0.0528. The first-order valence-electron chi connectivity index (χ1n) is 9.29. The monoisotopic (exact) mass is 352 g/mol. The molecule has 2 aromatic rings. The molecule has 4 nitrogen and oxygen atoms in total.